The smallest absolute Gasteiger partial charge is 0.469 e. The van der Waals surface area contributed by atoms with Crippen LogP contribution >= 0.6 is 0 Å². The molecule has 2 rings (SSSR count). The number of alkyl carbamates (subject to hydrolysis) is 2. The fourth-order valence-electron chi connectivity index (χ4n) is 5.65. The highest BCUT2D eigenvalue weighted by molar-refractivity contribution is 6.01. The number of guanidine groups is 1. The van der Waals surface area contributed by atoms with Gasteiger partial charge in [-0.2, -0.15) is 0 Å². The highest BCUT2D eigenvalue weighted by Gasteiger charge is 2.54. The van der Waals surface area contributed by atoms with Crippen LogP contribution in [0.5, 0.6) is 5.75 Å². The molecule has 0 heterocycles. The fraction of sp³-hybridized carbons (Fsp3) is 0.636. The van der Waals surface area contributed by atoms with Gasteiger partial charge in [-0.25, -0.2) is 19.4 Å². The summed E-state index contributed by atoms with van der Waals surface area (Å²) in [6.45, 7) is 15.0. The van der Waals surface area contributed by atoms with Crippen LogP contribution in [0.4, 0.5) is 20.1 Å². The van der Waals surface area contributed by atoms with Crippen molar-refractivity contribution in [3.8, 4) is 5.75 Å². The molecule has 1 aromatic carbocycles. The number of benzene rings is 1. The number of aliphatic imine (C=N–C) groups is 1. The van der Waals surface area contributed by atoms with E-state index in [4.69, 9.17) is 23.7 Å². The molecule has 17 heteroatoms. The van der Waals surface area contributed by atoms with Gasteiger partial charge in [-0.05, 0) is 66.0 Å². The van der Waals surface area contributed by atoms with Crippen molar-refractivity contribution in [2.75, 3.05) is 7.11 Å². The Labute approximate surface area is 291 Å². The largest absolute Gasteiger partial charge is 0.514 e. The Bertz CT molecular complexity index is 1380. The number of non-ortho nitro benzene ring substituents is 1. The minimum atomic E-state index is -1.30. The molecule has 1 aliphatic carbocycles. The predicted octanol–water partition coefficient (Wildman–Crippen LogP) is 5.00. The summed E-state index contributed by atoms with van der Waals surface area (Å²) in [4.78, 5) is 79.9. The maximum Gasteiger partial charge on any atom is 0.514 e. The molecule has 0 bridgehead atoms. The van der Waals surface area contributed by atoms with E-state index in [2.05, 4.69) is 20.9 Å². The third kappa shape index (κ3) is 12.8. The van der Waals surface area contributed by atoms with E-state index in [0.29, 0.717) is 12.8 Å². The summed E-state index contributed by atoms with van der Waals surface area (Å²) in [5, 5.41) is 18.8. The molecule has 5 atom stereocenters. The number of nitro benzene ring substituents is 1. The molecule has 1 fully saturated rings. The summed E-state index contributed by atoms with van der Waals surface area (Å²) in [6, 6.07) is 2.95. The quantitative estimate of drug-likeness (QED) is 0.0556. The van der Waals surface area contributed by atoms with E-state index in [9.17, 15) is 34.1 Å². The van der Waals surface area contributed by atoms with Gasteiger partial charge in [0, 0.05) is 31.0 Å². The van der Waals surface area contributed by atoms with Gasteiger partial charge in [0.25, 0.3) is 5.69 Å². The van der Waals surface area contributed by atoms with Crippen molar-refractivity contribution in [3.05, 3.63) is 34.4 Å². The van der Waals surface area contributed by atoms with Gasteiger partial charge in [0.1, 0.15) is 23.1 Å². The van der Waals surface area contributed by atoms with E-state index in [1.807, 2.05) is 13.8 Å². The number of amides is 3. The van der Waals surface area contributed by atoms with E-state index >= 15 is 0 Å². The summed E-state index contributed by atoms with van der Waals surface area (Å²) in [5.74, 6) is -3.90. The molecule has 1 aliphatic rings. The maximum atomic E-state index is 13.2. The van der Waals surface area contributed by atoms with Gasteiger partial charge >= 0.3 is 24.3 Å². The first kappa shape index (κ1) is 41.2. The standard InChI is InChI=1S/C33H49N5O12/c1-11-19(12-2)25(34-18(3)39)24-23(35-28(36-29(41)49-32(4,5)6)37-30(42)50-33(7,8)9)17-22(27(40)46-10)26(24)48-31(43)47-21-15-13-20(14-16-21)38(44)45/h13-16,19,22-26H,11-12,17H2,1-10H3,(H,34,39)(H2,35,36,37,41,42)/t22?,23?,24?,25-,26?/m0/s1. The maximum absolute atomic E-state index is 13.2. The number of nitrogens with zero attached hydrogens (tertiary/aromatic N) is 2. The lowest BCUT2D eigenvalue weighted by atomic mass is 9.80. The van der Waals surface area contributed by atoms with Crippen LogP contribution in [0.25, 0.3) is 0 Å². The first-order chi connectivity index (χ1) is 23.2. The van der Waals surface area contributed by atoms with Crippen LogP contribution in [0.15, 0.2) is 29.3 Å². The number of carbonyl (C=O) groups is 5. The van der Waals surface area contributed by atoms with E-state index in [1.54, 1.807) is 41.5 Å². The third-order valence-corrected chi connectivity index (χ3v) is 7.58. The number of rotatable bonds is 10. The Morgan fingerprint density at radius 3 is 1.88 bits per heavy atom. The molecular weight excluding hydrogens is 658 g/mol. The first-order valence-corrected chi connectivity index (χ1v) is 16.2. The lowest BCUT2D eigenvalue weighted by molar-refractivity contribution is -0.384. The molecule has 0 spiro atoms. The molecule has 0 aromatic heterocycles. The van der Waals surface area contributed by atoms with Crippen LogP contribution in [0.2, 0.25) is 0 Å². The van der Waals surface area contributed by atoms with Gasteiger partial charge in [-0.15, -0.1) is 0 Å². The minimum absolute atomic E-state index is 0.0665. The second kappa shape index (κ2) is 17.6. The third-order valence-electron chi connectivity index (χ3n) is 7.58. The van der Waals surface area contributed by atoms with Crippen molar-refractivity contribution in [2.24, 2.45) is 22.7 Å². The molecule has 1 saturated carbocycles. The number of methoxy groups -OCH3 is 1. The van der Waals surface area contributed by atoms with E-state index in [-0.39, 0.29) is 29.7 Å². The number of hydrogen-bond donors (Lipinski definition) is 3. The molecular formula is C33H49N5O12. The van der Waals surface area contributed by atoms with Crippen molar-refractivity contribution in [1.29, 1.82) is 0 Å². The zero-order valence-electron chi connectivity index (χ0n) is 30.2. The zero-order valence-corrected chi connectivity index (χ0v) is 30.2. The molecule has 3 amide bonds. The molecule has 4 unspecified atom stereocenters. The van der Waals surface area contributed by atoms with E-state index in [1.165, 1.54) is 19.1 Å². The molecule has 278 valence electrons. The van der Waals surface area contributed by atoms with Crippen molar-refractivity contribution in [3.63, 3.8) is 0 Å². The average Bonchev–Trinajstić information content (AvgIpc) is 3.31. The number of hydrogen-bond acceptors (Lipinski definition) is 13. The van der Waals surface area contributed by atoms with E-state index in [0.717, 1.165) is 19.2 Å². The lowest BCUT2D eigenvalue weighted by Crippen LogP contribution is -2.52. The van der Waals surface area contributed by atoms with Gasteiger partial charge in [-0.1, -0.05) is 26.7 Å². The van der Waals surface area contributed by atoms with E-state index < -0.39 is 76.4 Å². The lowest BCUT2D eigenvalue weighted by Gasteiger charge is -2.36. The number of ether oxygens (including phenoxy) is 5. The zero-order chi connectivity index (χ0) is 38.0. The van der Waals surface area contributed by atoms with Crippen molar-refractivity contribution >= 4 is 41.9 Å². The SMILES string of the molecule is CCC(CC)[C@H](NC(C)=O)C1C(N=C(NC(=O)OC(C)(C)C)NC(=O)OC(C)(C)C)CC(C(=O)OC)C1OC(=O)Oc1ccc([N+](=O)[O-])cc1. The van der Waals surface area contributed by atoms with Gasteiger partial charge < -0.3 is 29.0 Å². The molecule has 0 saturated heterocycles. The van der Waals surface area contributed by atoms with Crippen molar-refractivity contribution in [1.82, 2.24) is 16.0 Å². The summed E-state index contributed by atoms with van der Waals surface area (Å²) < 4.78 is 26.9. The average molecular weight is 708 g/mol. The number of esters is 1. The predicted molar refractivity (Wildman–Crippen MR) is 179 cm³/mol. The normalized spacial score (nSPS) is 19.3. The first-order valence-electron chi connectivity index (χ1n) is 16.2. The second-order valence-electron chi connectivity index (χ2n) is 13.7. The Hall–Kier alpha value is -4.96. The fourth-order valence-corrected chi connectivity index (χ4v) is 5.65. The summed E-state index contributed by atoms with van der Waals surface area (Å²) in [7, 11) is 1.16. The van der Waals surface area contributed by atoms with Gasteiger partial charge in [0.05, 0.1) is 24.0 Å². The Morgan fingerprint density at radius 2 is 1.46 bits per heavy atom. The van der Waals surface area contributed by atoms with Crippen LogP contribution in [-0.2, 0) is 28.5 Å². The summed E-state index contributed by atoms with van der Waals surface area (Å²) in [5.41, 5.74) is -2.06. The Balaban J connectivity index is 2.70. The van der Waals surface area contributed by atoms with Crippen LogP contribution in [-0.4, -0.2) is 77.6 Å². The highest BCUT2D eigenvalue weighted by Crippen LogP contribution is 2.42. The number of nitro groups is 1. The molecule has 50 heavy (non-hydrogen) atoms. The Morgan fingerprint density at radius 1 is 0.940 bits per heavy atom. The van der Waals surface area contributed by atoms with Crippen LogP contribution < -0.4 is 20.7 Å². The molecule has 1 aromatic rings. The van der Waals surface area contributed by atoms with Gasteiger partial charge in [-0.3, -0.25) is 30.3 Å². The van der Waals surface area contributed by atoms with Crippen LogP contribution in [0, 0.1) is 27.9 Å². The second-order valence-corrected chi connectivity index (χ2v) is 13.7. The van der Waals surface area contributed by atoms with Gasteiger partial charge in [0.15, 0.2) is 0 Å². The minimum Gasteiger partial charge on any atom is -0.469 e. The molecule has 0 aliphatic heterocycles. The van der Waals surface area contributed by atoms with Crippen LogP contribution in [0.3, 0.4) is 0 Å². The van der Waals surface area contributed by atoms with Crippen molar-refractivity contribution < 1.29 is 52.6 Å². The monoisotopic (exact) mass is 707 g/mol. The number of nitrogens with one attached hydrogen (secondary N) is 3. The van der Waals surface area contributed by atoms with Gasteiger partial charge in [0.2, 0.25) is 11.9 Å². The van der Waals surface area contributed by atoms with Crippen LogP contribution in [0.1, 0.15) is 81.6 Å². The summed E-state index contributed by atoms with van der Waals surface area (Å²) >= 11 is 0. The topological polar surface area (TPSA) is 223 Å². The van der Waals surface area contributed by atoms with Crippen molar-refractivity contribution in [2.45, 2.75) is 111 Å². The Kier molecular flexibility index (Phi) is 14.5. The highest BCUT2D eigenvalue weighted by atomic mass is 16.7. The number of carbonyl (C=O) groups excluding carboxylic acids is 5. The molecule has 3 N–H and O–H groups in total. The molecule has 17 nitrogen and oxygen atoms in total. The molecule has 0 radical (unpaired) electrons. The summed E-state index contributed by atoms with van der Waals surface area (Å²) in [6.07, 6.45) is -3.43.